The van der Waals surface area contributed by atoms with Gasteiger partial charge in [0.25, 0.3) is 0 Å². The molecule has 14 nitrogen and oxygen atoms in total. The van der Waals surface area contributed by atoms with E-state index < -0.39 is 35.5 Å². The monoisotopic (exact) mass is 1060 g/mol. The van der Waals surface area contributed by atoms with Crippen molar-refractivity contribution in [3.8, 4) is 24.2 Å². The van der Waals surface area contributed by atoms with Gasteiger partial charge in [-0.1, -0.05) is 77.4 Å². The molecule has 0 saturated carbocycles. The van der Waals surface area contributed by atoms with Crippen LogP contribution in [0.2, 0.25) is 0 Å². The van der Waals surface area contributed by atoms with Crippen molar-refractivity contribution in [3.05, 3.63) is 140 Å². The van der Waals surface area contributed by atoms with Crippen LogP contribution in [0, 0.1) is 41.6 Å². The number of methoxy groups -OCH3 is 2. The van der Waals surface area contributed by atoms with E-state index in [0.717, 1.165) is 31.4 Å². The number of nitrogens with one attached hydrogen (secondary N) is 2. The van der Waals surface area contributed by atoms with Gasteiger partial charge in [0.1, 0.15) is 23.3 Å². The average molecular weight is 1060 g/mol. The summed E-state index contributed by atoms with van der Waals surface area (Å²) in [4.78, 5) is 60.0. The van der Waals surface area contributed by atoms with Gasteiger partial charge in [-0.3, -0.25) is 19.3 Å². The van der Waals surface area contributed by atoms with Crippen molar-refractivity contribution < 1.29 is 47.8 Å². The quantitative estimate of drug-likeness (QED) is 0.0676. The molecule has 2 fully saturated rings. The second kappa shape index (κ2) is 26.7. The van der Waals surface area contributed by atoms with Crippen LogP contribution in [0.4, 0.5) is 9.59 Å². The van der Waals surface area contributed by atoms with Crippen molar-refractivity contribution in [2.75, 3.05) is 27.3 Å². The number of carbonyl (C=O) groups excluding carboxylic acids is 4. The number of amides is 2. The lowest BCUT2D eigenvalue weighted by Gasteiger charge is -2.22. The minimum absolute atomic E-state index is 0.229. The maximum atomic E-state index is 12.3. The topological polar surface area (TPSA) is 154 Å². The molecule has 4 unspecified atom stereocenters. The molecule has 4 aromatic carbocycles. The first kappa shape index (κ1) is 55.6. The van der Waals surface area contributed by atoms with Crippen LogP contribution in [0.5, 0.6) is 0 Å². The molecule has 69 heavy (non-hydrogen) atoms. The Kier molecular flexibility index (Phi) is 21.5. The van der Waals surface area contributed by atoms with E-state index in [1.165, 1.54) is 25.3 Å². The first-order valence-corrected chi connectivity index (χ1v) is 23.6. The van der Waals surface area contributed by atoms with Gasteiger partial charge in [-0.25, -0.2) is 9.59 Å². The molecule has 4 atom stereocenters. The number of nitrogens with zero attached hydrogens (tertiary/aromatic N) is 2. The lowest BCUT2D eigenvalue weighted by atomic mass is 10.1. The summed E-state index contributed by atoms with van der Waals surface area (Å²) in [5.74, 6) is 8.16. The van der Waals surface area contributed by atoms with Crippen molar-refractivity contribution in [2.45, 2.75) is 117 Å². The van der Waals surface area contributed by atoms with Crippen LogP contribution in [0.3, 0.4) is 0 Å². The second-order valence-corrected chi connectivity index (χ2v) is 19.6. The van der Waals surface area contributed by atoms with Crippen LogP contribution in [0.1, 0.15) is 93.3 Å². The minimum Gasteiger partial charge on any atom is -0.468 e. The van der Waals surface area contributed by atoms with Crippen LogP contribution >= 0.6 is 22.6 Å². The Bertz CT molecular complexity index is 2400. The number of halogens is 1. The SMILES string of the molecule is C#Cc1ccc(C)cc1.COC(=O)C1CC(CNC(=O)OC(C)(C)C)ON1Cc1ccc(C#Cc2ccc(C)cc2)cc1.COC(=O)C1CC(CNC(=O)OC(C)(C)C)ON1Cc1ccc(I)cc1. The highest BCUT2D eigenvalue weighted by molar-refractivity contribution is 14.1. The highest BCUT2D eigenvalue weighted by Crippen LogP contribution is 2.26. The first-order valence-electron chi connectivity index (χ1n) is 22.5. The maximum Gasteiger partial charge on any atom is 0.407 e. The number of carbonyl (C=O) groups is 4. The number of ether oxygens (including phenoxy) is 4. The molecule has 2 amide bonds. The Balaban J connectivity index is 0.000000260. The maximum absolute atomic E-state index is 12.3. The third kappa shape index (κ3) is 20.3. The summed E-state index contributed by atoms with van der Waals surface area (Å²) >= 11 is 2.24. The van der Waals surface area contributed by atoms with Gasteiger partial charge < -0.3 is 29.6 Å². The highest BCUT2D eigenvalue weighted by Gasteiger charge is 2.40. The Hall–Kier alpha value is -5.95. The molecule has 2 saturated heterocycles. The van der Waals surface area contributed by atoms with Gasteiger partial charge in [-0.2, -0.15) is 10.1 Å². The van der Waals surface area contributed by atoms with Gasteiger partial charge >= 0.3 is 24.1 Å². The number of hydroxylamine groups is 4. The van der Waals surface area contributed by atoms with Crippen LogP contribution in [-0.2, 0) is 51.3 Å². The molecule has 6 rings (SSSR count). The molecule has 0 spiro atoms. The van der Waals surface area contributed by atoms with Crippen molar-refractivity contribution in [3.63, 3.8) is 0 Å². The largest absolute Gasteiger partial charge is 0.468 e. The summed E-state index contributed by atoms with van der Waals surface area (Å²) in [5.41, 5.74) is 6.10. The van der Waals surface area contributed by atoms with E-state index in [2.05, 4.69) is 51.0 Å². The summed E-state index contributed by atoms with van der Waals surface area (Å²) in [6, 6.07) is 30.7. The molecule has 4 aromatic rings. The van der Waals surface area contributed by atoms with Crippen molar-refractivity contribution in [1.29, 1.82) is 0 Å². The first-order chi connectivity index (χ1) is 32.6. The Morgan fingerprint density at radius 3 is 1.30 bits per heavy atom. The molecule has 15 heteroatoms. The van der Waals surface area contributed by atoms with Gasteiger partial charge in [0.2, 0.25) is 0 Å². The fourth-order valence-electron chi connectivity index (χ4n) is 6.68. The number of hydrogen-bond donors (Lipinski definition) is 2. The number of terminal acetylenes is 1. The predicted molar refractivity (Wildman–Crippen MR) is 272 cm³/mol. The van der Waals surface area contributed by atoms with E-state index in [1.807, 2.05) is 111 Å². The molecule has 0 aliphatic carbocycles. The third-order valence-corrected chi connectivity index (χ3v) is 10.8. The Morgan fingerprint density at radius 1 is 0.609 bits per heavy atom. The van der Waals surface area contributed by atoms with Crippen LogP contribution in [0.25, 0.3) is 0 Å². The number of alkyl carbamates (subject to hydrolysis) is 2. The number of rotatable bonds is 10. The predicted octanol–water partition coefficient (Wildman–Crippen LogP) is 8.81. The Morgan fingerprint density at radius 2 is 0.957 bits per heavy atom. The smallest absolute Gasteiger partial charge is 0.407 e. The van der Waals surface area contributed by atoms with Crippen molar-refractivity contribution in [2.24, 2.45) is 0 Å². The number of benzene rings is 4. The van der Waals surface area contributed by atoms with Gasteiger partial charge in [0.05, 0.1) is 39.5 Å². The van der Waals surface area contributed by atoms with Gasteiger partial charge in [0, 0.05) is 46.2 Å². The molecule has 0 radical (unpaired) electrons. The van der Waals surface area contributed by atoms with E-state index in [1.54, 1.807) is 51.7 Å². The zero-order valence-electron chi connectivity index (χ0n) is 41.2. The molecule has 368 valence electrons. The highest BCUT2D eigenvalue weighted by atomic mass is 127. The van der Waals surface area contributed by atoms with Crippen molar-refractivity contribution in [1.82, 2.24) is 20.8 Å². The fraction of sp³-hybridized carbons (Fsp3) is 0.407. The van der Waals surface area contributed by atoms with Crippen LogP contribution in [-0.4, -0.2) is 97.1 Å². The number of hydrogen-bond acceptors (Lipinski definition) is 12. The van der Waals surface area contributed by atoms with Gasteiger partial charge in [0.15, 0.2) is 0 Å². The van der Waals surface area contributed by atoms with Crippen LogP contribution in [0.15, 0.2) is 97.1 Å². The zero-order chi connectivity index (χ0) is 50.7. The standard InChI is InChI=1S/C27H32N2O5.C18H25IN2O5.C9H8/c1-19-6-8-20(9-7-19)10-11-21-12-14-22(15-13-21)18-29-24(25(30)32-5)16-23(34-29)17-28-26(31)33-27(2,3)4;1-18(2,3)25-17(23)20-10-14-9-15(16(22)24-4)21(26-14)11-12-5-7-13(19)8-6-12;1-3-9-6-4-8(2)5-7-9/h6-9,12-15,23-24H,16-18H2,1-5H3,(H,28,31);5-8,14-15H,9-11H2,1-4H3,(H,20,23);1,4-7H,2H3. The summed E-state index contributed by atoms with van der Waals surface area (Å²) in [7, 11) is 2.71. The van der Waals surface area contributed by atoms with E-state index in [-0.39, 0.29) is 37.2 Å². The zero-order valence-corrected chi connectivity index (χ0v) is 43.4. The van der Waals surface area contributed by atoms with E-state index >= 15 is 0 Å². The fourth-order valence-corrected chi connectivity index (χ4v) is 7.04. The molecular formula is C54H65IN4O10. The third-order valence-electron chi connectivity index (χ3n) is 10.1. The molecule has 0 aromatic heterocycles. The molecule has 2 aliphatic heterocycles. The summed E-state index contributed by atoms with van der Waals surface area (Å²) < 4.78 is 21.4. The van der Waals surface area contributed by atoms with Crippen molar-refractivity contribution >= 4 is 46.7 Å². The second-order valence-electron chi connectivity index (χ2n) is 18.4. The average Bonchev–Trinajstić information content (AvgIpc) is 3.91. The van der Waals surface area contributed by atoms with Gasteiger partial charge in [-0.15, -0.1) is 6.42 Å². The number of esters is 2. The van der Waals surface area contributed by atoms with E-state index in [4.69, 9.17) is 35.0 Å². The van der Waals surface area contributed by atoms with Gasteiger partial charge in [-0.05, 0) is 138 Å². The van der Waals surface area contributed by atoms with E-state index in [0.29, 0.717) is 25.9 Å². The van der Waals surface area contributed by atoms with Crippen LogP contribution < -0.4 is 10.6 Å². The lowest BCUT2D eigenvalue weighted by molar-refractivity contribution is -0.184. The number of aryl methyl sites for hydroxylation is 2. The summed E-state index contributed by atoms with van der Waals surface area (Å²) in [5, 5.41) is 8.62. The Labute approximate surface area is 421 Å². The van der Waals surface area contributed by atoms with E-state index in [9.17, 15) is 19.2 Å². The molecule has 0 bridgehead atoms. The molecule has 2 N–H and O–H groups in total. The summed E-state index contributed by atoms with van der Waals surface area (Å²) in [6.45, 7) is 16.2. The molecule has 2 heterocycles. The molecular weight excluding hydrogens is 992 g/mol. The minimum atomic E-state index is -0.585. The summed E-state index contributed by atoms with van der Waals surface area (Å²) in [6.07, 6.45) is 4.28. The normalized spacial score (nSPS) is 17.8. The lowest BCUT2D eigenvalue weighted by Crippen LogP contribution is -2.37. The molecule has 2 aliphatic rings.